The van der Waals surface area contributed by atoms with Crippen LogP contribution in [0.5, 0.6) is 0 Å². The van der Waals surface area contributed by atoms with Crippen LogP contribution < -0.4 is 0 Å². The van der Waals surface area contributed by atoms with Gasteiger partial charge in [0, 0.05) is 0 Å². The topological polar surface area (TPSA) is 0 Å². The van der Waals surface area contributed by atoms with Crippen LogP contribution in [0.4, 0.5) is 0 Å². The lowest BCUT2D eigenvalue weighted by molar-refractivity contribution is 0.872. The first-order valence-corrected chi connectivity index (χ1v) is 27.3. The van der Waals surface area contributed by atoms with Crippen LogP contribution in [0.2, 0.25) is 0 Å². The average Bonchev–Trinajstić information content (AvgIpc) is 3.93. The third-order valence-electron chi connectivity index (χ3n) is 17.9. The van der Waals surface area contributed by atoms with Crippen LogP contribution in [0.25, 0.3) is 174 Å². The zero-order chi connectivity index (χ0) is 50.2. The molecule has 76 heavy (non-hydrogen) atoms. The minimum absolute atomic E-state index is 0.316. The normalized spacial score (nSPS) is 12.7. The Morgan fingerprint density at radius 3 is 1.17 bits per heavy atom. The van der Waals surface area contributed by atoms with Crippen molar-refractivity contribution in [3.8, 4) is 66.8 Å². The van der Waals surface area contributed by atoms with Gasteiger partial charge in [-0.3, -0.25) is 0 Å². The Bertz CT molecular complexity index is 4940. The second-order valence-corrected chi connectivity index (χ2v) is 22.4. The summed E-state index contributed by atoms with van der Waals surface area (Å²) >= 11 is 0. The number of benzene rings is 14. The Kier molecular flexibility index (Phi) is 8.48. The first-order valence-electron chi connectivity index (χ1n) is 27.3. The van der Waals surface area contributed by atoms with Crippen LogP contribution in [0.3, 0.4) is 0 Å². The monoisotopic (exact) mass is 962 g/mol. The molecule has 0 atom stereocenters. The molecule has 0 N–H and O–H groups in total. The highest BCUT2D eigenvalue weighted by Crippen LogP contribution is 2.60. The van der Waals surface area contributed by atoms with Crippen LogP contribution in [-0.4, -0.2) is 0 Å². The van der Waals surface area contributed by atoms with E-state index in [4.69, 9.17) is 0 Å². The molecule has 0 aromatic heterocycles. The van der Waals surface area contributed by atoms with Crippen molar-refractivity contribution in [3.05, 3.63) is 230 Å². The highest BCUT2D eigenvalue weighted by atomic mass is 14.4. The SMILES string of the molecule is CC(C)c1cc2c3ccc4c5c(-c6ccccc6-c6ccccc6)c6cc7c(cc6c(-c6ccccc6-c6ccccc6)c5c5ccc(c6c(C(C)C)cc8c(c1-c1ccccc1-8)c26)c3c45)c1cccc2cccc7c21. The first-order chi connectivity index (χ1) is 37.4. The van der Waals surface area contributed by atoms with Gasteiger partial charge in [-0.15, -0.1) is 0 Å². The van der Waals surface area contributed by atoms with Crippen molar-refractivity contribution in [3.63, 3.8) is 0 Å². The molecule has 17 rings (SSSR count). The fourth-order valence-corrected chi connectivity index (χ4v) is 14.9. The molecule has 0 spiro atoms. The average molecular weight is 963 g/mol. The summed E-state index contributed by atoms with van der Waals surface area (Å²) in [6.45, 7) is 9.56. The van der Waals surface area contributed by atoms with Gasteiger partial charge in [0.1, 0.15) is 0 Å². The van der Waals surface area contributed by atoms with Crippen molar-refractivity contribution in [2.24, 2.45) is 0 Å². The molecular formula is C76H50. The summed E-state index contributed by atoms with van der Waals surface area (Å²) in [6.07, 6.45) is 0. The Labute approximate surface area is 441 Å². The van der Waals surface area contributed by atoms with Crippen LogP contribution in [0.15, 0.2) is 218 Å². The van der Waals surface area contributed by atoms with Crippen molar-refractivity contribution < 1.29 is 0 Å². The highest BCUT2D eigenvalue weighted by Gasteiger charge is 2.33. The maximum absolute atomic E-state index is 2.61. The Morgan fingerprint density at radius 2 is 0.645 bits per heavy atom. The quantitative estimate of drug-likeness (QED) is 0.115. The largest absolute Gasteiger partial charge is 0.0622 e. The maximum Gasteiger partial charge on any atom is -0.000718 e. The van der Waals surface area contributed by atoms with Gasteiger partial charge in [-0.05, 0) is 222 Å². The van der Waals surface area contributed by atoms with Crippen molar-refractivity contribution >= 4 is 108 Å². The molecule has 0 saturated heterocycles. The molecule has 16 aromatic rings. The Hall–Kier alpha value is -9.10. The fraction of sp³-hybridized carbons (Fsp3) is 0.0789. The van der Waals surface area contributed by atoms with Gasteiger partial charge in [0.15, 0.2) is 0 Å². The highest BCUT2D eigenvalue weighted by molar-refractivity contribution is 6.48. The maximum atomic E-state index is 2.61. The molecule has 0 heterocycles. The van der Waals surface area contributed by atoms with Gasteiger partial charge in [0.25, 0.3) is 0 Å². The Morgan fingerprint density at radius 1 is 0.211 bits per heavy atom. The van der Waals surface area contributed by atoms with Gasteiger partial charge in [0.05, 0.1) is 0 Å². The predicted molar refractivity (Wildman–Crippen MR) is 329 cm³/mol. The van der Waals surface area contributed by atoms with Crippen LogP contribution in [-0.2, 0) is 0 Å². The van der Waals surface area contributed by atoms with E-state index in [9.17, 15) is 0 Å². The van der Waals surface area contributed by atoms with E-state index in [1.54, 1.807) is 0 Å². The number of rotatable bonds is 6. The lowest BCUT2D eigenvalue weighted by Crippen LogP contribution is -1.98. The molecule has 0 amide bonds. The summed E-state index contributed by atoms with van der Waals surface area (Å²) in [6, 6.07) is 83.9. The van der Waals surface area contributed by atoms with E-state index in [1.165, 1.54) is 186 Å². The standard InChI is InChI=1S/C76H50/c1-41(2)58-38-63-54-33-34-56-71-57(36-35-55(67(54)71)72-59(42(3)4)37-62-48-27-13-16-30-51(48)68(58)75(62)76(63)72)74-70(50-29-15-12-26-47(50)44-21-9-6-10-22-44)65-40-61-53-32-18-24-45-23-17-31-52(66(45)53)60(61)39-64(65)69(73(56)74)49-28-14-11-25-46(49)43-19-7-5-8-20-43/h5-42H,1-4H3. The van der Waals surface area contributed by atoms with Gasteiger partial charge in [-0.2, -0.15) is 0 Å². The predicted octanol–water partition coefficient (Wildman–Crippen LogP) is 22.1. The summed E-state index contributed by atoms with van der Waals surface area (Å²) in [5.74, 6) is 0.662. The zero-order valence-electron chi connectivity index (χ0n) is 42.9. The molecule has 1 aliphatic carbocycles. The molecule has 0 bridgehead atoms. The lowest BCUT2D eigenvalue weighted by atomic mass is 9.80. The van der Waals surface area contributed by atoms with Crippen molar-refractivity contribution in [2.45, 2.75) is 39.5 Å². The first kappa shape index (κ1) is 42.3. The fourth-order valence-electron chi connectivity index (χ4n) is 14.9. The third kappa shape index (κ3) is 5.38. The van der Waals surface area contributed by atoms with Gasteiger partial charge in [0.2, 0.25) is 0 Å². The van der Waals surface area contributed by atoms with Gasteiger partial charge >= 0.3 is 0 Å². The van der Waals surface area contributed by atoms with E-state index in [2.05, 4.69) is 246 Å². The zero-order valence-corrected chi connectivity index (χ0v) is 42.9. The van der Waals surface area contributed by atoms with Crippen LogP contribution in [0.1, 0.15) is 50.7 Å². The molecule has 354 valence electrons. The lowest BCUT2D eigenvalue weighted by Gasteiger charge is -2.23. The van der Waals surface area contributed by atoms with E-state index in [-0.39, 0.29) is 0 Å². The number of fused-ring (bicyclic) bond motifs is 12. The van der Waals surface area contributed by atoms with Crippen molar-refractivity contribution in [2.75, 3.05) is 0 Å². The van der Waals surface area contributed by atoms with E-state index in [1.807, 2.05) is 0 Å². The molecular weight excluding hydrogens is 913 g/mol. The summed E-state index contributed by atoms with van der Waals surface area (Å²) in [5, 5.41) is 26.8. The molecule has 0 saturated carbocycles. The van der Waals surface area contributed by atoms with Crippen LogP contribution in [0, 0.1) is 0 Å². The van der Waals surface area contributed by atoms with Gasteiger partial charge in [-0.1, -0.05) is 222 Å². The van der Waals surface area contributed by atoms with Crippen molar-refractivity contribution in [1.82, 2.24) is 0 Å². The second kappa shape index (κ2) is 15.3. The van der Waals surface area contributed by atoms with E-state index in [0.717, 1.165) is 0 Å². The minimum Gasteiger partial charge on any atom is -0.0622 e. The molecule has 0 nitrogen and oxygen atoms in total. The summed E-state index contributed by atoms with van der Waals surface area (Å²) < 4.78 is 0. The van der Waals surface area contributed by atoms with E-state index < -0.39 is 0 Å². The smallest absolute Gasteiger partial charge is 0.000718 e. The third-order valence-corrected chi connectivity index (χ3v) is 17.9. The van der Waals surface area contributed by atoms with Crippen LogP contribution >= 0.6 is 0 Å². The second-order valence-electron chi connectivity index (χ2n) is 22.4. The van der Waals surface area contributed by atoms with Crippen molar-refractivity contribution in [1.29, 1.82) is 0 Å². The number of hydrogen-bond acceptors (Lipinski definition) is 0. The van der Waals surface area contributed by atoms with E-state index >= 15 is 0 Å². The molecule has 0 fully saturated rings. The summed E-state index contributed by atoms with van der Waals surface area (Å²) in [4.78, 5) is 0. The van der Waals surface area contributed by atoms with Gasteiger partial charge < -0.3 is 0 Å². The minimum atomic E-state index is 0.316. The molecule has 0 radical (unpaired) electrons. The molecule has 1 aliphatic rings. The van der Waals surface area contributed by atoms with E-state index in [0.29, 0.717) is 11.8 Å². The van der Waals surface area contributed by atoms with Gasteiger partial charge in [-0.25, -0.2) is 0 Å². The molecule has 0 unspecified atom stereocenters. The molecule has 0 aliphatic heterocycles. The summed E-state index contributed by atoms with van der Waals surface area (Å²) in [7, 11) is 0. The number of hydrogen-bond donors (Lipinski definition) is 0. The molecule has 0 heteroatoms. The molecule has 16 aromatic carbocycles. The Balaban J connectivity index is 1.14. The summed E-state index contributed by atoms with van der Waals surface area (Å²) in [5.41, 5.74) is 18.4.